The number of piperazine rings is 1. The molecule has 10 heteroatoms. The summed E-state index contributed by atoms with van der Waals surface area (Å²) >= 11 is 1.44. The lowest BCUT2D eigenvalue weighted by Gasteiger charge is -2.35. The van der Waals surface area contributed by atoms with E-state index in [1.54, 1.807) is 28.7 Å². The first-order chi connectivity index (χ1) is 16.0. The molecule has 2 amide bonds. The number of hydrogen-bond donors (Lipinski definition) is 0. The van der Waals surface area contributed by atoms with E-state index in [0.29, 0.717) is 44.2 Å². The largest absolute Gasteiger partial charge is 0.497 e. The van der Waals surface area contributed by atoms with E-state index in [0.717, 1.165) is 17.1 Å². The van der Waals surface area contributed by atoms with Crippen molar-refractivity contribution in [1.82, 2.24) is 19.2 Å². The molecule has 2 saturated heterocycles. The van der Waals surface area contributed by atoms with E-state index in [1.807, 2.05) is 34.5 Å². The first-order valence-electron chi connectivity index (χ1n) is 10.9. The Labute approximate surface area is 194 Å². The van der Waals surface area contributed by atoms with Crippen molar-refractivity contribution in [2.75, 3.05) is 44.7 Å². The third kappa shape index (κ3) is 4.36. The molecule has 0 spiro atoms. The van der Waals surface area contributed by atoms with Crippen LogP contribution in [-0.4, -0.2) is 70.8 Å². The summed E-state index contributed by atoms with van der Waals surface area (Å²) in [7, 11) is 1.60. The highest BCUT2D eigenvalue weighted by molar-refractivity contribution is 7.15. The zero-order chi connectivity index (χ0) is 22.9. The van der Waals surface area contributed by atoms with Gasteiger partial charge in [-0.25, -0.2) is 4.98 Å². The smallest absolute Gasteiger partial charge is 0.258 e. The Morgan fingerprint density at radius 3 is 2.64 bits per heavy atom. The summed E-state index contributed by atoms with van der Waals surface area (Å²) < 4.78 is 6.72. The molecule has 33 heavy (non-hydrogen) atoms. The Morgan fingerprint density at radius 2 is 1.91 bits per heavy atom. The van der Waals surface area contributed by atoms with E-state index in [-0.39, 0.29) is 29.7 Å². The van der Waals surface area contributed by atoms with Gasteiger partial charge in [0, 0.05) is 69.0 Å². The van der Waals surface area contributed by atoms with Crippen molar-refractivity contribution in [3.63, 3.8) is 0 Å². The summed E-state index contributed by atoms with van der Waals surface area (Å²) in [5, 5.41) is 1.85. The van der Waals surface area contributed by atoms with Crippen LogP contribution in [-0.2, 0) is 16.1 Å². The minimum absolute atomic E-state index is 0.0292. The number of hydrogen-bond acceptors (Lipinski definition) is 7. The van der Waals surface area contributed by atoms with Gasteiger partial charge in [0.15, 0.2) is 4.96 Å². The van der Waals surface area contributed by atoms with E-state index in [2.05, 4.69) is 9.88 Å². The molecule has 1 atom stereocenters. The second-order valence-electron chi connectivity index (χ2n) is 8.35. The highest BCUT2D eigenvalue weighted by Crippen LogP contribution is 2.28. The maximum absolute atomic E-state index is 13.1. The minimum Gasteiger partial charge on any atom is -0.497 e. The predicted molar refractivity (Wildman–Crippen MR) is 125 cm³/mol. The van der Waals surface area contributed by atoms with Crippen LogP contribution in [0.2, 0.25) is 0 Å². The standard InChI is InChI=1S/C23H25N5O4S/c1-32-19-4-2-18(3-5-19)28-14-16(12-20(28)29)22(31)26-8-6-25(7-9-26)15-17-13-21(30)27-10-11-33-23(27)24-17/h2-5,10-11,13,16H,6-9,12,14-15H2,1H3. The van der Waals surface area contributed by atoms with Gasteiger partial charge >= 0.3 is 0 Å². The van der Waals surface area contributed by atoms with Crippen LogP contribution in [0.1, 0.15) is 12.1 Å². The fourth-order valence-electron chi connectivity index (χ4n) is 4.47. The Balaban J connectivity index is 1.17. The summed E-state index contributed by atoms with van der Waals surface area (Å²) in [4.78, 5) is 48.9. The predicted octanol–water partition coefficient (Wildman–Crippen LogP) is 1.46. The quantitative estimate of drug-likeness (QED) is 0.565. The van der Waals surface area contributed by atoms with Crippen LogP contribution in [0.4, 0.5) is 5.69 Å². The second kappa shape index (κ2) is 8.95. The number of aromatic nitrogens is 2. The van der Waals surface area contributed by atoms with Crippen molar-refractivity contribution in [2.24, 2.45) is 5.92 Å². The van der Waals surface area contributed by atoms with Crippen LogP contribution in [0, 0.1) is 5.92 Å². The van der Waals surface area contributed by atoms with Crippen molar-refractivity contribution in [1.29, 1.82) is 0 Å². The average molecular weight is 468 g/mol. The number of carbonyl (C=O) groups is 2. The summed E-state index contributed by atoms with van der Waals surface area (Å²) in [6, 6.07) is 8.90. The SMILES string of the molecule is COc1ccc(N2CC(C(=O)N3CCN(Cc4cc(=O)n5ccsc5n4)CC3)CC2=O)cc1. The number of thiazole rings is 1. The van der Waals surface area contributed by atoms with Crippen LogP contribution in [0.3, 0.4) is 0 Å². The number of benzene rings is 1. The zero-order valence-corrected chi connectivity index (χ0v) is 19.2. The van der Waals surface area contributed by atoms with Gasteiger partial charge in [-0.05, 0) is 24.3 Å². The van der Waals surface area contributed by atoms with Gasteiger partial charge in [0.25, 0.3) is 5.56 Å². The second-order valence-corrected chi connectivity index (χ2v) is 9.22. The summed E-state index contributed by atoms with van der Waals surface area (Å²) in [6.45, 7) is 3.61. The number of methoxy groups -OCH3 is 1. The molecule has 0 N–H and O–H groups in total. The van der Waals surface area contributed by atoms with Gasteiger partial charge in [-0.3, -0.25) is 23.7 Å². The fraction of sp³-hybridized carbons (Fsp3) is 0.391. The number of fused-ring (bicyclic) bond motifs is 1. The molecular weight excluding hydrogens is 442 g/mol. The number of anilines is 1. The van der Waals surface area contributed by atoms with Crippen molar-refractivity contribution in [2.45, 2.75) is 13.0 Å². The first-order valence-corrected chi connectivity index (χ1v) is 11.8. The lowest BCUT2D eigenvalue weighted by Crippen LogP contribution is -2.50. The van der Waals surface area contributed by atoms with Crippen molar-refractivity contribution >= 4 is 33.8 Å². The van der Waals surface area contributed by atoms with E-state index in [9.17, 15) is 14.4 Å². The number of amides is 2. The highest BCUT2D eigenvalue weighted by atomic mass is 32.1. The van der Waals surface area contributed by atoms with Crippen LogP contribution in [0.25, 0.3) is 4.96 Å². The number of ether oxygens (including phenoxy) is 1. The molecule has 172 valence electrons. The molecular formula is C23H25N5O4S. The Bertz CT molecular complexity index is 1230. The molecule has 0 aliphatic carbocycles. The molecule has 2 fully saturated rings. The maximum Gasteiger partial charge on any atom is 0.258 e. The molecule has 3 aromatic rings. The molecule has 2 aliphatic rings. The summed E-state index contributed by atoms with van der Waals surface area (Å²) in [5.74, 6) is 0.412. The van der Waals surface area contributed by atoms with Gasteiger partial charge in [0.2, 0.25) is 11.8 Å². The lowest BCUT2D eigenvalue weighted by molar-refractivity contribution is -0.137. The Hall–Kier alpha value is -3.24. The van der Waals surface area contributed by atoms with Gasteiger partial charge in [-0.1, -0.05) is 0 Å². The van der Waals surface area contributed by atoms with Crippen LogP contribution < -0.4 is 15.2 Å². The van der Waals surface area contributed by atoms with Crippen LogP contribution in [0.5, 0.6) is 5.75 Å². The third-order valence-corrected chi connectivity index (χ3v) is 7.04. The van der Waals surface area contributed by atoms with Gasteiger partial charge in [-0.15, -0.1) is 11.3 Å². The monoisotopic (exact) mass is 467 g/mol. The van der Waals surface area contributed by atoms with Gasteiger partial charge in [0.1, 0.15) is 5.75 Å². The van der Waals surface area contributed by atoms with Gasteiger partial charge < -0.3 is 14.5 Å². The molecule has 2 aliphatic heterocycles. The molecule has 4 heterocycles. The van der Waals surface area contributed by atoms with Gasteiger partial charge in [0.05, 0.1) is 18.7 Å². The highest BCUT2D eigenvalue weighted by Gasteiger charge is 2.38. The van der Waals surface area contributed by atoms with E-state index in [1.165, 1.54) is 11.3 Å². The van der Waals surface area contributed by atoms with E-state index >= 15 is 0 Å². The molecule has 1 unspecified atom stereocenters. The number of rotatable bonds is 5. The van der Waals surface area contributed by atoms with Crippen molar-refractivity contribution < 1.29 is 14.3 Å². The number of nitrogens with zero attached hydrogens (tertiary/aromatic N) is 5. The van der Waals surface area contributed by atoms with E-state index in [4.69, 9.17) is 4.74 Å². The molecule has 0 bridgehead atoms. The Kier molecular flexibility index (Phi) is 5.86. The molecule has 1 aromatic carbocycles. The summed E-state index contributed by atoms with van der Waals surface area (Å²) in [5.41, 5.74) is 1.46. The lowest BCUT2D eigenvalue weighted by atomic mass is 10.1. The normalized spacial score (nSPS) is 19.4. The molecule has 9 nitrogen and oxygen atoms in total. The van der Waals surface area contributed by atoms with E-state index < -0.39 is 0 Å². The molecule has 5 rings (SSSR count). The molecule has 0 saturated carbocycles. The van der Waals surface area contributed by atoms with Gasteiger partial charge in [-0.2, -0.15) is 0 Å². The van der Waals surface area contributed by atoms with Crippen molar-refractivity contribution in [3.05, 3.63) is 58.0 Å². The van der Waals surface area contributed by atoms with Crippen LogP contribution >= 0.6 is 11.3 Å². The van der Waals surface area contributed by atoms with Crippen molar-refractivity contribution in [3.8, 4) is 5.75 Å². The minimum atomic E-state index is -0.325. The van der Waals surface area contributed by atoms with Crippen LogP contribution in [0.15, 0.2) is 46.7 Å². The number of carbonyl (C=O) groups excluding carboxylic acids is 2. The summed E-state index contributed by atoms with van der Waals surface area (Å²) in [6.07, 6.45) is 1.97. The average Bonchev–Trinajstić information content (AvgIpc) is 3.46. The maximum atomic E-state index is 13.1. The molecule has 2 aromatic heterocycles. The Morgan fingerprint density at radius 1 is 1.15 bits per heavy atom. The molecule has 0 radical (unpaired) electrons. The first kappa shape index (κ1) is 21.6. The zero-order valence-electron chi connectivity index (χ0n) is 18.3. The third-order valence-electron chi connectivity index (χ3n) is 6.28. The fourth-order valence-corrected chi connectivity index (χ4v) is 5.21. The topological polar surface area (TPSA) is 87.5 Å².